The number of hydrogen-bond donors (Lipinski definition) is 1. The van der Waals surface area contributed by atoms with Gasteiger partial charge in [0.25, 0.3) is 0 Å². The Labute approximate surface area is 135 Å². The molecule has 0 heterocycles. The standard InChI is InChI=1S/C22H18O/c1-13-7-8-15-11-18-16-6-4-3-5-14(16)9-10-17(18)19-12-22(2,23)21(13)20(15)19/h3-11,23H,12H2,1-2H3. The van der Waals surface area contributed by atoms with Crippen molar-refractivity contribution in [1.82, 2.24) is 0 Å². The Morgan fingerprint density at radius 3 is 2.52 bits per heavy atom. The summed E-state index contributed by atoms with van der Waals surface area (Å²) in [6.07, 6.45) is 0.694. The van der Waals surface area contributed by atoms with Crippen LogP contribution in [-0.2, 0) is 12.0 Å². The van der Waals surface area contributed by atoms with Crippen molar-refractivity contribution in [3.8, 4) is 0 Å². The van der Waals surface area contributed by atoms with Gasteiger partial charge in [0.1, 0.15) is 0 Å². The van der Waals surface area contributed by atoms with Crippen molar-refractivity contribution in [3.63, 3.8) is 0 Å². The van der Waals surface area contributed by atoms with Crippen LogP contribution in [0.3, 0.4) is 0 Å². The van der Waals surface area contributed by atoms with Crippen molar-refractivity contribution in [3.05, 3.63) is 71.3 Å². The van der Waals surface area contributed by atoms with E-state index in [9.17, 15) is 5.11 Å². The van der Waals surface area contributed by atoms with Gasteiger partial charge in [0.2, 0.25) is 0 Å². The average Bonchev–Trinajstić information content (AvgIpc) is 2.83. The lowest BCUT2D eigenvalue weighted by Gasteiger charge is -2.19. The summed E-state index contributed by atoms with van der Waals surface area (Å²) >= 11 is 0. The topological polar surface area (TPSA) is 20.2 Å². The highest BCUT2D eigenvalue weighted by atomic mass is 16.3. The minimum Gasteiger partial charge on any atom is -0.385 e. The largest absolute Gasteiger partial charge is 0.385 e. The molecule has 1 atom stereocenters. The fraction of sp³-hybridized carbons (Fsp3) is 0.182. The minimum atomic E-state index is -0.772. The maximum Gasteiger partial charge on any atom is 0.0917 e. The zero-order valence-electron chi connectivity index (χ0n) is 13.4. The highest BCUT2D eigenvalue weighted by Gasteiger charge is 2.35. The summed E-state index contributed by atoms with van der Waals surface area (Å²) in [5.74, 6) is 0. The van der Waals surface area contributed by atoms with Crippen molar-refractivity contribution in [2.75, 3.05) is 0 Å². The Morgan fingerprint density at radius 2 is 1.65 bits per heavy atom. The molecule has 1 heteroatoms. The molecule has 0 aromatic heterocycles. The van der Waals surface area contributed by atoms with Crippen LogP contribution in [0, 0.1) is 6.92 Å². The van der Waals surface area contributed by atoms with Crippen molar-refractivity contribution in [1.29, 1.82) is 0 Å². The van der Waals surface area contributed by atoms with Gasteiger partial charge in [0, 0.05) is 6.42 Å². The highest BCUT2D eigenvalue weighted by Crippen LogP contribution is 2.46. The maximum absolute atomic E-state index is 11.0. The van der Waals surface area contributed by atoms with Crippen molar-refractivity contribution in [2.24, 2.45) is 0 Å². The van der Waals surface area contributed by atoms with Crippen molar-refractivity contribution in [2.45, 2.75) is 25.9 Å². The normalized spacial score (nSPS) is 20.0. The first kappa shape index (κ1) is 13.1. The second-order valence-corrected chi connectivity index (χ2v) is 7.04. The molecule has 1 aliphatic carbocycles. The summed E-state index contributed by atoms with van der Waals surface area (Å²) in [5, 5.41) is 18.6. The molecule has 5 rings (SSSR count). The minimum absolute atomic E-state index is 0.694. The first-order chi connectivity index (χ1) is 11.1. The second-order valence-electron chi connectivity index (χ2n) is 7.04. The number of fused-ring (bicyclic) bond motifs is 4. The maximum atomic E-state index is 11.0. The summed E-state index contributed by atoms with van der Waals surface area (Å²) in [5.41, 5.74) is 2.82. The quantitative estimate of drug-likeness (QED) is 0.348. The van der Waals surface area contributed by atoms with Crippen LogP contribution in [-0.4, -0.2) is 5.11 Å². The number of benzene rings is 4. The Hall–Kier alpha value is -2.38. The molecule has 1 nitrogen and oxygen atoms in total. The van der Waals surface area contributed by atoms with E-state index >= 15 is 0 Å². The van der Waals surface area contributed by atoms with Crippen LogP contribution in [0.5, 0.6) is 0 Å². The van der Waals surface area contributed by atoms with Gasteiger partial charge in [-0.2, -0.15) is 0 Å². The van der Waals surface area contributed by atoms with E-state index in [0.717, 1.165) is 5.56 Å². The van der Waals surface area contributed by atoms with Gasteiger partial charge in [-0.1, -0.05) is 48.5 Å². The third-order valence-electron chi connectivity index (χ3n) is 5.40. The molecule has 0 amide bonds. The van der Waals surface area contributed by atoms with Crippen LogP contribution in [0.25, 0.3) is 32.3 Å². The fourth-order valence-corrected chi connectivity index (χ4v) is 4.48. The Morgan fingerprint density at radius 1 is 0.870 bits per heavy atom. The molecule has 0 saturated heterocycles. The molecule has 4 aromatic carbocycles. The van der Waals surface area contributed by atoms with Crippen LogP contribution in [0.4, 0.5) is 0 Å². The third-order valence-corrected chi connectivity index (χ3v) is 5.40. The van der Waals surface area contributed by atoms with Crippen LogP contribution < -0.4 is 0 Å². The van der Waals surface area contributed by atoms with E-state index in [1.54, 1.807) is 0 Å². The monoisotopic (exact) mass is 298 g/mol. The Bertz CT molecular complexity index is 1120. The summed E-state index contributed by atoms with van der Waals surface area (Å²) in [7, 11) is 0. The molecular formula is C22H18O. The van der Waals surface area contributed by atoms with E-state index in [4.69, 9.17) is 0 Å². The lowest BCUT2D eigenvalue weighted by atomic mass is 9.92. The van der Waals surface area contributed by atoms with Gasteiger partial charge in [-0.25, -0.2) is 0 Å². The highest BCUT2D eigenvalue weighted by molar-refractivity contribution is 6.15. The van der Waals surface area contributed by atoms with Gasteiger partial charge in [-0.05, 0) is 68.9 Å². The Kier molecular flexibility index (Phi) is 2.35. The molecule has 0 fully saturated rings. The van der Waals surface area contributed by atoms with Gasteiger partial charge in [0.05, 0.1) is 5.60 Å². The van der Waals surface area contributed by atoms with Gasteiger partial charge >= 0.3 is 0 Å². The molecule has 23 heavy (non-hydrogen) atoms. The third kappa shape index (κ3) is 1.60. The molecule has 0 aliphatic heterocycles. The summed E-state index contributed by atoms with van der Waals surface area (Å²) < 4.78 is 0. The van der Waals surface area contributed by atoms with Crippen LogP contribution in [0.2, 0.25) is 0 Å². The zero-order valence-corrected chi connectivity index (χ0v) is 13.4. The van der Waals surface area contributed by atoms with E-state index in [1.807, 2.05) is 6.92 Å². The van der Waals surface area contributed by atoms with Gasteiger partial charge in [0.15, 0.2) is 0 Å². The number of aliphatic hydroxyl groups is 1. The van der Waals surface area contributed by atoms with Crippen molar-refractivity contribution >= 4 is 32.3 Å². The molecule has 1 aliphatic rings. The molecule has 1 unspecified atom stereocenters. The van der Waals surface area contributed by atoms with Gasteiger partial charge in [-0.15, -0.1) is 0 Å². The summed E-state index contributed by atoms with van der Waals surface area (Å²) in [6, 6.07) is 19.6. The van der Waals surface area contributed by atoms with Crippen LogP contribution in [0.15, 0.2) is 54.6 Å². The van der Waals surface area contributed by atoms with Gasteiger partial charge < -0.3 is 5.11 Å². The van der Waals surface area contributed by atoms with E-state index in [1.165, 1.54) is 43.4 Å². The molecule has 0 spiro atoms. The molecule has 1 N–H and O–H groups in total. The molecule has 112 valence electrons. The molecule has 4 aromatic rings. The van der Waals surface area contributed by atoms with E-state index in [2.05, 4.69) is 61.5 Å². The first-order valence-corrected chi connectivity index (χ1v) is 8.16. The van der Waals surface area contributed by atoms with Crippen LogP contribution in [0.1, 0.15) is 23.6 Å². The molecule has 0 bridgehead atoms. The average molecular weight is 298 g/mol. The summed E-state index contributed by atoms with van der Waals surface area (Å²) in [6.45, 7) is 4.05. The van der Waals surface area contributed by atoms with E-state index in [-0.39, 0.29) is 0 Å². The first-order valence-electron chi connectivity index (χ1n) is 8.16. The smallest absolute Gasteiger partial charge is 0.0917 e. The predicted molar refractivity (Wildman–Crippen MR) is 97.0 cm³/mol. The Balaban J connectivity index is 2.06. The second kappa shape index (κ2) is 4.12. The number of rotatable bonds is 0. The van der Waals surface area contributed by atoms with Crippen molar-refractivity contribution < 1.29 is 5.11 Å². The lowest BCUT2D eigenvalue weighted by molar-refractivity contribution is 0.0642. The SMILES string of the molecule is Cc1ccc2cc3c(ccc4ccccc43)c3c2c1C(C)(O)C3. The lowest BCUT2D eigenvalue weighted by Crippen LogP contribution is -2.20. The fourth-order valence-electron chi connectivity index (χ4n) is 4.48. The zero-order chi connectivity index (χ0) is 15.8. The van der Waals surface area contributed by atoms with Crippen LogP contribution >= 0.6 is 0 Å². The number of aryl methyl sites for hydroxylation is 1. The number of hydrogen-bond acceptors (Lipinski definition) is 1. The van der Waals surface area contributed by atoms with Gasteiger partial charge in [-0.3, -0.25) is 0 Å². The predicted octanol–water partition coefficient (Wildman–Crippen LogP) is 5.22. The van der Waals surface area contributed by atoms with E-state index < -0.39 is 5.60 Å². The molecule has 0 radical (unpaired) electrons. The summed E-state index contributed by atoms with van der Waals surface area (Å²) in [4.78, 5) is 0. The molecule has 0 saturated carbocycles. The molecular weight excluding hydrogens is 280 g/mol. The van der Waals surface area contributed by atoms with E-state index in [0.29, 0.717) is 6.42 Å².